The van der Waals surface area contributed by atoms with Crippen LogP contribution in [0, 0.1) is 0 Å². The molecule has 0 amide bonds. The molecule has 2 heterocycles. The molecule has 0 N–H and O–H groups in total. The zero-order valence-corrected chi connectivity index (χ0v) is 10.6. The third kappa shape index (κ3) is 2.54. The maximum atomic E-state index is 5.50. The van der Waals surface area contributed by atoms with Crippen LogP contribution in [0.25, 0.3) is 0 Å². The molecule has 0 spiro atoms. The van der Waals surface area contributed by atoms with E-state index in [-0.39, 0.29) is 0 Å². The van der Waals surface area contributed by atoms with Crippen molar-refractivity contribution in [1.29, 1.82) is 0 Å². The van der Waals surface area contributed by atoms with Gasteiger partial charge in [0.15, 0.2) is 0 Å². The van der Waals surface area contributed by atoms with Gasteiger partial charge < -0.3 is 4.42 Å². The number of nitrogens with zero attached hydrogens (tertiary/aromatic N) is 4. The van der Waals surface area contributed by atoms with Gasteiger partial charge in [-0.05, 0) is 18.9 Å². The fourth-order valence-electron chi connectivity index (χ4n) is 1.73. The van der Waals surface area contributed by atoms with Gasteiger partial charge in [0.05, 0.1) is 5.69 Å². The van der Waals surface area contributed by atoms with Crippen molar-refractivity contribution in [2.24, 2.45) is 0 Å². The third-order valence-electron chi connectivity index (χ3n) is 2.73. The summed E-state index contributed by atoms with van der Waals surface area (Å²) in [6.07, 6.45) is 2.68. The van der Waals surface area contributed by atoms with E-state index in [4.69, 9.17) is 4.42 Å². The van der Waals surface area contributed by atoms with Crippen molar-refractivity contribution in [2.75, 3.05) is 0 Å². The van der Waals surface area contributed by atoms with Gasteiger partial charge in [0, 0.05) is 12.1 Å². The molecular formula is C12H18N4O. The summed E-state index contributed by atoms with van der Waals surface area (Å²) in [7, 11) is 0. The molecule has 0 saturated carbocycles. The number of aromatic nitrogens is 4. The Balaban J connectivity index is 2.19. The minimum absolute atomic E-state index is 0.566. The predicted molar refractivity (Wildman–Crippen MR) is 63.8 cm³/mol. The molecule has 0 bridgehead atoms. The highest BCUT2D eigenvalue weighted by molar-refractivity contribution is 5.11. The molecule has 0 saturated heterocycles. The number of aryl methyl sites for hydroxylation is 3. The molecule has 0 unspecified atom stereocenters. The summed E-state index contributed by atoms with van der Waals surface area (Å²) in [5, 5.41) is 12.5. The number of hydrogen-bond acceptors (Lipinski definition) is 4. The van der Waals surface area contributed by atoms with Crippen molar-refractivity contribution < 1.29 is 4.42 Å². The molecular weight excluding hydrogens is 216 g/mol. The first-order chi connectivity index (χ1) is 8.26. The Kier molecular flexibility index (Phi) is 3.56. The predicted octanol–water partition coefficient (Wildman–Crippen LogP) is 2.00. The summed E-state index contributed by atoms with van der Waals surface area (Å²) in [4.78, 5) is 0. The Morgan fingerprint density at radius 3 is 2.41 bits per heavy atom. The zero-order chi connectivity index (χ0) is 12.3. The number of rotatable bonds is 5. The van der Waals surface area contributed by atoms with Crippen LogP contribution < -0.4 is 0 Å². The standard InChI is InChI=1S/C12H18N4O/c1-4-9-7-10(5-2)16(15-9)8-12-14-13-11(6-3)17-12/h7H,4-6,8H2,1-3H3. The molecule has 0 fully saturated rings. The van der Waals surface area contributed by atoms with Crippen molar-refractivity contribution >= 4 is 0 Å². The first-order valence-electron chi connectivity index (χ1n) is 6.13. The topological polar surface area (TPSA) is 56.7 Å². The van der Waals surface area contributed by atoms with Gasteiger partial charge in [-0.15, -0.1) is 10.2 Å². The smallest absolute Gasteiger partial charge is 0.237 e. The van der Waals surface area contributed by atoms with Gasteiger partial charge in [0.1, 0.15) is 6.54 Å². The Hall–Kier alpha value is -1.65. The molecule has 0 aliphatic carbocycles. The van der Waals surface area contributed by atoms with Gasteiger partial charge >= 0.3 is 0 Å². The highest BCUT2D eigenvalue weighted by Crippen LogP contribution is 2.09. The summed E-state index contributed by atoms with van der Waals surface area (Å²) >= 11 is 0. The monoisotopic (exact) mass is 234 g/mol. The van der Waals surface area contributed by atoms with Gasteiger partial charge in [0.2, 0.25) is 11.8 Å². The van der Waals surface area contributed by atoms with E-state index in [2.05, 4.69) is 35.2 Å². The third-order valence-corrected chi connectivity index (χ3v) is 2.73. The second-order valence-corrected chi connectivity index (χ2v) is 3.93. The summed E-state index contributed by atoms with van der Waals surface area (Å²) in [6.45, 7) is 6.79. The van der Waals surface area contributed by atoms with Gasteiger partial charge in [0.25, 0.3) is 0 Å². The second kappa shape index (κ2) is 5.12. The van der Waals surface area contributed by atoms with E-state index >= 15 is 0 Å². The molecule has 2 rings (SSSR count). The average Bonchev–Trinajstić information content (AvgIpc) is 2.95. The molecule has 0 aliphatic heterocycles. The van der Waals surface area contributed by atoms with E-state index < -0.39 is 0 Å². The first kappa shape index (κ1) is 11.8. The van der Waals surface area contributed by atoms with Crippen LogP contribution in [0.5, 0.6) is 0 Å². The van der Waals surface area contributed by atoms with Crippen LogP contribution in [-0.2, 0) is 25.8 Å². The van der Waals surface area contributed by atoms with Crippen LogP contribution in [-0.4, -0.2) is 20.0 Å². The van der Waals surface area contributed by atoms with Gasteiger partial charge in [-0.2, -0.15) is 5.10 Å². The van der Waals surface area contributed by atoms with Crippen LogP contribution in [0.2, 0.25) is 0 Å². The SMILES string of the molecule is CCc1cc(CC)n(Cc2nnc(CC)o2)n1. The normalized spacial score (nSPS) is 11.0. The van der Waals surface area contributed by atoms with Crippen molar-refractivity contribution in [2.45, 2.75) is 46.6 Å². The number of hydrogen-bond donors (Lipinski definition) is 0. The van der Waals surface area contributed by atoms with E-state index in [0.717, 1.165) is 25.0 Å². The minimum atomic E-state index is 0.566. The van der Waals surface area contributed by atoms with Crippen LogP contribution in [0.3, 0.4) is 0 Å². The Bertz CT molecular complexity index is 486. The van der Waals surface area contributed by atoms with Crippen molar-refractivity contribution in [1.82, 2.24) is 20.0 Å². The van der Waals surface area contributed by atoms with Gasteiger partial charge in [-0.1, -0.05) is 20.8 Å². The lowest BCUT2D eigenvalue weighted by Gasteiger charge is -2.01. The highest BCUT2D eigenvalue weighted by atomic mass is 16.4. The minimum Gasteiger partial charge on any atom is -0.423 e. The van der Waals surface area contributed by atoms with E-state index in [1.807, 2.05) is 11.6 Å². The molecule has 2 aromatic rings. The first-order valence-corrected chi connectivity index (χ1v) is 6.13. The quantitative estimate of drug-likeness (QED) is 0.794. The van der Waals surface area contributed by atoms with E-state index in [1.165, 1.54) is 5.69 Å². The molecule has 0 aromatic carbocycles. The van der Waals surface area contributed by atoms with Gasteiger partial charge in [-0.3, -0.25) is 4.68 Å². The average molecular weight is 234 g/mol. The summed E-state index contributed by atoms with van der Waals surface area (Å²) < 4.78 is 7.45. The second-order valence-electron chi connectivity index (χ2n) is 3.93. The largest absolute Gasteiger partial charge is 0.423 e. The van der Waals surface area contributed by atoms with Crippen molar-refractivity contribution in [3.63, 3.8) is 0 Å². The molecule has 17 heavy (non-hydrogen) atoms. The summed E-state index contributed by atoms with van der Waals surface area (Å²) in [5.41, 5.74) is 2.31. The Morgan fingerprint density at radius 2 is 1.82 bits per heavy atom. The lowest BCUT2D eigenvalue weighted by atomic mass is 10.3. The fourth-order valence-corrected chi connectivity index (χ4v) is 1.73. The molecule has 5 heteroatoms. The molecule has 2 aromatic heterocycles. The van der Waals surface area contributed by atoms with E-state index in [0.29, 0.717) is 18.3 Å². The van der Waals surface area contributed by atoms with Crippen LogP contribution in [0.4, 0.5) is 0 Å². The highest BCUT2D eigenvalue weighted by Gasteiger charge is 2.10. The van der Waals surface area contributed by atoms with Crippen molar-refractivity contribution in [3.8, 4) is 0 Å². The van der Waals surface area contributed by atoms with Crippen molar-refractivity contribution in [3.05, 3.63) is 29.2 Å². The molecule has 5 nitrogen and oxygen atoms in total. The van der Waals surface area contributed by atoms with E-state index in [1.54, 1.807) is 0 Å². The summed E-state index contributed by atoms with van der Waals surface area (Å²) in [6, 6.07) is 2.14. The lowest BCUT2D eigenvalue weighted by Crippen LogP contribution is -2.06. The molecule has 92 valence electrons. The molecule has 0 radical (unpaired) electrons. The Morgan fingerprint density at radius 1 is 1.06 bits per heavy atom. The maximum Gasteiger partial charge on any atom is 0.237 e. The maximum absolute atomic E-state index is 5.50. The van der Waals surface area contributed by atoms with Gasteiger partial charge in [-0.25, -0.2) is 0 Å². The van der Waals surface area contributed by atoms with Crippen LogP contribution in [0.15, 0.2) is 10.5 Å². The van der Waals surface area contributed by atoms with Crippen LogP contribution in [0.1, 0.15) is 43.9 Å². The summed E-state index contributed by atoms with van der Waals surface area (Å²) in [5.74, 6) is 1.31. The zero-order valence-electron chi connectivity index (χ0n) is 10.6. The molecule has 0 atom stereocenters. The Labute approximate surface area is 101 Å². The van der Waals surface area contributed by atoms with E-state index in [9.17, 15) is 0 Å². The molecule has 0 aliphatic rings. The lowest BCUT2D eigenvalue weighted by molar-refractivity contribution is 0.429. The fraction of sp³-hybridized carbons (Fsp3) is 0.583. The van der Waals surface area contributed by atoms with Crippen LogP contribution >= 0.6 is 0 Å².